The van der Waals surface area contributed by atoms with Crippen LogP contribution in [-0.2, 0) is 23.7 Å². The highest BCUT2D eigenvalue weighted by Crippen LogP contribution is 1.86. The molecule has 102 valence electrons. The molecule has 7 heteroatoms. The van der Waals surface area contributed by atoms with Crippen molar-refractivity contribution in [3.05, 3.63) is 0 Å². The summed E-state index contributed by atoms with van der Waals surface area (Å²) in [6, 6.07) is -0.979. The minimum absolute atomic E-state index is 0.116. The Morgan fingerprint density at radius 3 is 2.18 bits per heavy atom. The average Bonchev–Trinajstić information content (AvgIpc) is 2.35. The lowest BCUT2D eigenvalue weighted by atomic mass is 10.3. The first-order valence-electron chi connectivity index (χ1n) is 5.40. The van der Waals surface area contributed by atoms with E-state index in [4.69, 9.17) is 29.8 Å². The van der Waals surface area contributed by atoms with Crippen LogP contribution in [-0.4, -0.2) is 70.5 Å². The number of aliphatic hydroxyl groups is 1. The maximum absolute atomic E-state index is 11.0. The Bertz CT molecular complexity index is 190. The molecule has 0 rings (SSSR count). The van der Waals surface area contributed by atoms with Crippen LogP contribution in [0.4, 0.5) is 0 Å². The minimum atomic E-state index is -0.979. The van der Waals surface area contributed by atoms with E-state index in [1.54, 1.807) is 7.11 Å². The fourth-order valence-electron chi connectivity index (χ4n) is 0.847. The Labute approximate surface area is 101 Å². The number of esters is 1. The van der Waals surface area contributed by atoms with Gasteiger partial charge in [0.1, 0.15) is 12.6 Å². The van der Waals surface area contributed by atoms with Crippen LogP contribution >= 0.6 is 0 Å². The summed E-state index contributed by atoms with van der Waals surface area (Å²) in [6.07, 6.45) is 0. The number of carbonyl (C=O) groups is 1. The summed E-state index contributed by atoms with van der Waals surface area (Å²) in [5.41, 5.74) is 5.23. The first-order chi connectivity index (χ1) is 8.22. The van der Waals surface area contributed by atoms with Gasteiger partial charge in [0, 0.05) is 7.11 Å². The molecule has 0 aromatic rings. The van der Waals surface area contributed by atoms with Gasteiger partial charge in [-0.25, -0.2) is 0 Å². The summed E-state index contributed by atoms with van der Waals surface area (Å²) in [5, 5.41) is 8.56. The monoisotopic (exact) mass is 251 g/mol. The van der Waals surface area contributed by atoms with Gasteiger partial charge in [0.2, 0.25) is 0 Å². The Morgan fingerprint density at radius 2 is 1.65 bits per heavy atom. The second-order valence-electron chi connectivity index (χ2n) is 3.17. The molecule has 3 N–H and O–H groups in total. The number of carbonyl (C=O) groups excluding carboxylic acids is 1. The average molecular weight is 251 g/mol. The lowest BCUT2D eigenvalue weighted by Gasteiger charge is -2.09. The van der Waals surface area contributed by atoms with Crippen LogP contribution in [0.15, 0.2) is 0 Å². The number of ether oxygens (including phenoxy) is 4. The highest BCUT2D eigenvalue weighted by atomic mass is 16.6. The standard InChI is InChI=1S/C10H21NO6/c1-14-2-3-15-4-5-16-6-7-17-10(13)9(11)8-12/h9,12H,2-8,11H2,1H3/t9-/m1/s1. The summed E-state index contributed by atoms with van der Waals surface area (Å²) in [4.78, 5) is 11.0. The van der Waals surface area contributed by atoms with Crippen LogP contribution in [0.5, 0.6) is 0 Å². The second-order valence-corrected chi connectivity index (χ2v) is 3.17. The zero-order valence-corrected chi connectivity index (χ0v) is 10.1. The number of hydrogen-bond acceptors (Lipinski definition) is 7. The third-order valence-electron chi connectivity index (χ3n) is 1.78. The molecule has 0 radical (unpaired) electrons. The lowest BCUT2D eigenvalue weighted by molar-refractivity contribution is -0.147. The number of aliphatic hydroxyl groups excluding tert-OH is 1. The fourth-order valence-corrected chi connectivity index (χ4v) is 0.847. The molecule has 0 aliphatic rings. The zero-order valence-electron chi connectivity index (χ0n) is 10.1. The number of rotatable bonds is 11. The van der Waals surface area contributed by atoms with Gasteiger partial charge in [-0.05, 0) is 0 Å². The normalized spacial score (nSPS) is 12.4. The third kappa shape index (κ3) is 10.2. The van der Waals surface area contributed by atoms with Crippen molar-refractivity contribution in [3.8, 4) is 0 Å². The predicted molar refractivity (Wildman–Crippen MR) is 59.5 cm³/mol. The quantitative estimate of drug-likeness (QED) is 0.341. The molecule has 0 heterocycles. The van der Waals surface area contributed by atoms with Crippen LogP contribution in [0.25, 0.3) is 0 Å². The van der Waals surface area contributed by atoms with E-state index >= 15 is 0 Å². The molecule has 0 saturated heterocycles. The number of nitrogens with two attached hydrogens (primary N) is 1. The van der Waals surface area contributed by atoms with E-state index in [1.807, 2.05) is 0 Å². The minimum Gasteiger partial charge on any atom is -0.462 e. The third-order valence-corrected chi connectivity index (χ3v) is 1.78. The maximum atomic E-state index is 11.0. The van der Waals surface area contributed by atoms with Crippen LogP contribution in [0, 0.1) is 0 Å². The van der Waals surface area contributed by atoms with Crippen LogP contribution in [0.1, 0.15) is 0 Å². The van der Waals surface area contributed by atoms with Gasteiger partial charge in [-0.1, -0.05) is 0 Å². The Balaban J connectivity index is 3.16. The number of methoxy groups -OCH3 is 1. The molecule has 0 bridgehead atoms. The van der Waals surface area contributed by atoms with Crippen LogP contribution < -0.4 is 5.73 Å². The molecule has 0 fully saturated rings. The SMILES string of the molecule is COCCOCCOCCOC(=O)[C@H](N)CO. The Hall–Kier alpha value is -0.730. The summed E-state index contributed by atoms with van der Waals surface area (Å²) in [5.74, 6) is -0.632. The fraction of sp³-hybridized carbons (Fsp3) is 0.900. The maximum Gasteiger partial charge on any atom is 0.325 e. The highest BCUT2D eigenvalue weighted by molar-refractivity contribution is 5.75. The van der Waals surface area contributed by atoms with E-state index in [2.05, 4.69) is 0 Å². The molecule has 0 aromatic heterocycles. The highest BCUT2D eigenvalue weighted by Gasteiger charge is 2.12. The molecule has 0 aliphatic carbocycles. The topological polar surface area (TPSA) is 100 Å². The zero-order chi connectivity index (χ0) is 12.9. The molecular formula is C10H21NO6. The van der Waals surface area contributed by atoms with E-state index < -0.39 is 18.6 Å². The predicted octanol–water partition coefficient (Wildman–Crippen LogP) is -1.47. The molecule has 0 aliphatic heterocycles. The summed E-state index contributed by atoms with van der Waals surface area (Å²) >= 11 is 0. The summed E-state index contributed by atoms with van der Waals surface area (Å²) in [6.45, 7) is 1.94. The van der Waals surface area contributed by atoms with Crippen molar-refractivity contribution in [1.29, 1.82) is 0 Å². The first kappa shape index (κ1) is 16.3. The van der Waals surface area contributed by atoms with Crippen molar-refractivity contribution < 1.29 is 28.8 Å². The summed E-state index contributed by atoms with van der Waals surface area (Å²) in [7, 11) is 1.60. The van der Waals surface area contributed by atoms with Gasteiger partial charge >= 0.3 is 5.97 Å². The van der Waals surface area contributed by atoms with Gasteiger partial charge in [0.25, 0.3) is 0 Å². The van der Waals surface area contributed by atoms with E-state index in [9.17, 15) is 4.79 Å². The van der Waals surface area contributed by atoms with Crippen LogP contribution in [0.3, 0.4) is 0 Å². The van der Waals surface area contributed by atoms with Crippen molar-refractivity contribution in [2.24, 2.45) is 5.73 Å². The second kappa shape index (κ2) is 11.7. The Morgan fingerprint density at radius 1 is 1.12 bits per heavy atom. The molecule has 0 saturated carbocycles. The molecule has 0 aromatic carbocycles. The first-order valence-corrected chi connectivity index (χ1v) is 5.40. The molecular weight excluding hydrogens is 230 g/mol. The number of hydrogen-bond donors (Lipinski definition) is 2. The summed E-state index contributed by atoms with van der Waals surface area (Å²) < 4.78 is 19.8. The van der Waals surface area contributed by atoms with E-state index in [1.165, 1.54) is 0 Å². The van der Waals surface area contributed by atoms with Gasteiger partial charge in [0.15, 0.2) is 0 Å². The van der Waals surface area contributed by atoms with E-state index in [0.717, 1.165) is 0 Å². The van der Waals surface area contributed by atoms with Gasteiger partial charge in [0.05, 0.1) is 39.6 Å². The van der Waals surface area contributed by atoms with Crippen molar-refractivity contribution in [2.75, 3.05) is 53.4 Å². The van der Waals surface area contributed by atoms with Crippen molar-refractivity contribution in [2.45, 2.75) is 6.04 Å². The lowest BCUT2D eigenvalue weighted by Crippen LogP contribution is -2.36. The van der Waals surface area contributed by atoms with E-state index in [0.29, 0.717) is 26.4 Å². The van der Waals surface area contributed by atoms with Gasteiger partial charge in [-0.3, -0.25) is 4.79 Å². The smallest absolute Gasteiger partial charge is 0.325 e. The molecule has 17 heavy (non-hydrogen) atoms. The van der Waals surface area contributed by atoms with Gasteiger partial charge in [-0.15, -0.1) is 0 Å². The van der Waals surface area contributed by atoms with Crippen molar-refractivity contribution in [3.63, 3.8) is 0 Å². The molecule has 1 atom stereocenters. The van der Waals surface area contributed by atoms with Crippen molar-refractivity contribution in [1.82, 2.24) is 0 Å². The van der Waals surface area contributed by atoms with Gasteiger partial charge in [-0.2, -0.15) is 0 Å². The van der Waals surface area contributed by atoms with E-state index in [-0.39, 0.29) is 13.2 Å². The van der Waals surface area contributed by atoms with Gasteiger partial charge < -0.3 is 29.8 Å². The Kier molecular flexibility index (Phi) is 11.2. The van der Waals surface area contributed by atoms with Crippen LogP contribution in [0.2, 0.25) is 0 Å². The molecule has 0 amide bonds. The largest absolute Gasteiger partial charge is 0.462 e. The molecule has 0 unspecified atom stereocenters. The molecule has 7 nitrogen and oxygen atoms in total. The van der Waals surface area contributed by atoms with Crippen molar-refractivity contribution >= 4 is 5.97 Å². The molecule has 0 spiro atoms.